The van der Waals surface area contributed by atoms with Gasteiger partial charge in [0.2, 0.25) is 0 Å². The zero-order valence-corrected chi connectivity index (χ0v) is 15.8. The largest absolute Gasteiger partial charge is 0.333 e. The van der Waals surface area contributed by atoms with Crippen molar-refractivity contribution in [1.82, 2.24) is 15.8 Å². The molecule has 2 N–H and O–H groups in total. The molecule has 0 saturated heterocycles. The number of benzene rings is 2. The minimum absolute atomic E-state index is 0. The molecule has 2 rings (SSSR count). The zero-order valence-electron chi connectivity index (χ0n) is 15.0. The lowest BCUT2D eigenvalue weighted by Crippen LogP contribution is -2.47. The molecule has 150 valence electrons. The SMILES string of the molecule is CCN(NCc1cccc([N+](=O)[O-])c1)C(=O)NCc1cccc([N+](=O)[O-])c1.Cl. The van der Waals surface area contributed by atoms with Crippen LogP contribution >= 0.6 is 12.4 Å². The van der Waals surface area contributed by atoms with E-state index in [1.54, 1.807) is 31.2 Å². The second kappa shape index (κ2) is 10.8. The number of hydrazine groups is 1. The van der Waals surface area contributed by atoms with Crippen LogP contribution in [-0.4, -0.2) is 27.4 Å². The first-order chi connectivity index (χ1) is 12.9. The smallest absolute Gasteiger partial charge is 0.331 e. The number of hydrogen-bond acceptors (Lipinski definition) is 6. The Morgan fingerprint density at radius 2 is 1.46 bits per heavy atom. The third-order valence-corrected chi connectivity index (χ3v) is 3.72. The summed E-state index contributed by atoms with van der Waals surface area (Å²) >= 11 is 0. The van der Waals surface area contributed by atoms with Crippen molar-refractivity contribution in [3.8, 4) is 0 Å². The van der Waals surface area contributed by atoms with E-state index in [9.17, 15) is 25.0 Å². The average Bonchev–Trinajstić information content (AvgIpc) is 2.67. The molecule has 11 heteroatoms. The van der Waals surface area contributed by atoms with Crippen LogP contribution in [-0.2, 0) is 13.1 Å². The second-order valence-corrected chi connectivity index (χ2v) is 5.59. The molecule has 2 aromatic rings. The van der Waals surface area contributed by atoms with Crippen LogP contribution in [0.4, 0.5) is 16.2 Å². The molecule has 0 aliphatic heterocycles. The standard InChI is InChI=1S/C17H19N5O5.ClH/c1-2-20(19-12-14-6-4-8-16(10-14)22(26)27)17(23)18-11-13-5-3-7-15(9-13)21(24)25;/h3-10,19H,2,11-12H2,1H3,(H,18,23);1H. The summed E-state index contributed by atoms with van der Waals surface area (Å²) in [6.07, 6.45) is 0. The maximum absolute atomic E-state index is 12.3. The van der Waals surface area contributed by atoms with Crippen molar-refractivity contribution in [2.24, 2.45) is 0 Å². The Bertz CT molecular complexity index is 848. The van der Waals surface area contributed by atoms with Gasteiger partial charge >= 0.3 is 6.03 Å². The van der Waals surface area contributed by atoms with Gasteiger partial charge in [0, 0.05) is 43.9 Å². The minimum atomic E-state index is -0.496. The lowest BCUT2D eigenvalue weighted by atomic mass is 10.2. The van der Waals surface area contributed by atoms with E-state index >= 15 is 0 Å². The Morgan fingerprint density at radius 1 is 0.964 bits per heavy atom. The zero-order chi connectivity index (χ0) is 19.8. The van der Waals surface area contributed by atoms with E-state index in [1.165, 1.54) is 29.3 Å². The first kappa shape index (κ1) is 22.8. The molecule has 0 atom stereocenters. The van der Waals surface area contributed by atoms with Crippen LogP contribution < -0.4 is 10.7 Å². The summed E-state index contributed by atoms with van der Waals surface area (Å²) in [5.41, 5.74) is 4.11. The van der Waals surface area contributed by atoms with Crippen molar-refractivity contribution in [3.05, 3.63) is 79.9 Å². The van der Waals surface area contributed by atoms with Gasteiger partial charge in [-0.2, -0.15) is 0 Å². The highest BCUT2D eigenvalue weighted by Gasteiger charge is 2.13. The molecule has 0 aliphatic carbocycles. The average molecular weight is 410 g/mol. The Morgan fingerprint density at radius 3 is 1.93 bits per heavy atom. The van der Waals surface area contributed by atoms with Crippen molar-refractivity contribution in [2.75, 3.05) is 6.54 Å². The number of non-ortho nitro benzene ring substituents is 2. The molecule has 0 bridgehead atoms. The molecule has 0 spiro atoms. The summed E-state index contributed by atoms with van der Waals surface area (Å²) in [6, 6.07) is 11.7. The third-order valence-electron chi connectivity index (χ3n) is 3.72. The number of nitro groups is 2. The van der Waals surface area contributed by atoms with E-state index in [4.69, 9.17) is 0 Å². The number of rotatable bonds is 8. The van der Waals surface area contributed by atoms with E-state index in [1.807, 2.05) is 0 Å². The molecule has 0 fully saturated rings. The molecule has 0 saturated carbocycles. The predicted molar refractivity (Wildman–Crippen MR) is 105 cm³/mol. The van der Waals surface area contributed by atoms with Crippen molar-refractivity contribution in [2.45, 2.75) is 20.0 Å². The van der Waals surface area contributed by atoms with E-state index < -0.39 is 15.9 Å². The number of halogens is 1. The van der Waals surface area contributed by atoms with Crippen LogP contribution in [0, 0.1) is 20.2 Å². The van der Waals surface area contributed by atoms with E-state index in [0.29, 0.717) is 17.7 Å². The molecule has 2 amide bonds. The minimum Gasteiger partial charge on any atom is -0.333 e. The summed E-state index contributed by atoms with van der Waals surface area (Å²) < 4.78 is 0. The highest BCUT2D eigenvalue weighted by molar-refractivity contribution is 5.85. The van der Waals surface area contributed by atoms with Gasteiger partial charge in [-0.15, -0.1) is 12.4 Å². The molecule has 0 radical (unpaired) electrons. The maximum Gasteiger partial charge on any atom is 0.331 e. The number of amides is 2. The first-order valence-electron chi connectivity index (χ1n) is 8.16. The summed E-state index contributed by atoms with van der Waals surface area (Å²) in [5, 5.41) is 25.6. The quantitative estimate of drug-likeness (QED) is 0.508. The number of carbonyl (C=O) groups is 1. The molecule has 10 nitrogen and oxygen atoms in total. The van der Waals surface area contributed by atoms with E-state index in [2.05, 4.69) is 10.7 Å². The summed E-state index contributed by atoms with van der Waals surface area (Å²) in [7, 11) is 0. The van der Waals surface area contributed by atoms with E-state index in [0.717, 1.165) is 0 Å². The molecule has 0 aromatic heterocycles. The van der Waals surface area contributed by atoms with Gasteiger partial charge < -0.3 is 5.32 Å². The lowest BCUT2D eigenvalue weighted by molar-refractivity contribution is -0.385. The van der Waals surface area contributed by atoms with E-state index in [-0.39, 0.29) is 36.9 Å². The summed E-state index contributed by atoms with van der Waals surface area (Å²) in [4.78, 5) is 32.9. The Hall–Kier alpha value is -3.24. The van der Waals surface area contributed by atoms with Crippen LogP contribution in [0.1, 0.15) is 18.1 Å². The maximum atomic E-state index is 12.3. The molecular weight excluding hydrogens is 390 g/mol. The van der Waals surface area contributed by atoms with Gasteiger partial charge in [0.15, 0.2) is 0 Å². The van der Waals surface area contributed by atoms with Crippen molar-refractivity contribution in [3.63, 3.8) is 0 Å². The number of nitrogens with one attached hydrogen (secondary N) is 2. The lowest BCUT2D eigenvalue weighted by Gasteiger charge is -2.22. The fourth-order valence-corrected chi connectivity index (χ4v) is 2.35. The van der Waals surface area contributed by atoms with Gasteiger partial charge in [-0.25, -0.2) is 10.2 Å². The molecule has 0 unspecified atom stereocenters. The molecular formula is C17H20ClN5O5. The second-order valence-electron chi connectivity index (χ2n) is 5.59. The van der Waals surface area contributed by atoms with Gasteiger partial charge in [-0.05, 0) is 18.1 Å². The summed E-state index contributed by atoms with van der Waals surface area (Å²) in [6.45, 7) is 2.50. The first-order valence-corrected chi connectivity index (χ1v) is 8.16. The molecule has 0 heterocycles. The Kier molecular flexibility index (Phi) is 8.79. The highest BCUT2D eigenvalue weighted by atomic mass is 35.5. The predicted octanol–water partition coefficient (Wildman–Crippen LogP) is 3.16. The number of nitrogens with zero attached hydrogens (tertiary/aromatic N) is 3. The number of nitro benzene ring substituents is 2. The number of hydrogen-bond donors (Lipinski definition) is 2. The van der Waals surface area contributed by atoms with Crippen LogP contribution in [0.25, 0.3) is 0 Å². The van der Waals surface area contributed by atoms with Crippen LogP contribution in [0.15, 0.2) is 48.5 Å². The van der Waals surface area contributed by atoms with Crippen LogP contribution in [0.2, 0.25) is 0 Å². The number of carbonyl (C=O) groups excluding carboxylic acids is 1. The van der Waals surface area contributed by atoms with Crippen molar-refractivity contribution in [1.29, 1.82) is 0 Å². The summed E-state index contributed by atoms with van der Waals surface area (Å²) in [5.74, 6) is 0. The van der Waals surface area contributed by atoms with Crippen LogP contribution in [0.3, 0.4) is 0 Å². The monoisotopic (exact) mass is 409 g/mol. The Labute approximate surface area is 167 Å². The van der Waals surface area contributed by atoms with Crippen LogP contribution in [0.5, 0.6) is 0 Å². The Balaban J connectivity index is 0.00000392. The molecule has 28 heavy (non-hydrogen) atoms. The topological polar surface area (TPSA) is 131 Å². The third kappa shape index (κ3) is 6.49. The highest BCUT2D eigenvalue weighted by Crippen LogP contribution is 2.14. The molecule has 2 aromatic carbocycles. The molecule has 0 aliphatic rings. The van der Waals surface area contributed by atoms with Gasteiger partial charge in [0.25, 0.3) is 11.4 Å². The fourth-order valence-electron chi connectivity index (χ4n) is 2.35. The van der Waals surface area contributed by atoms with Gasteiger partial charge in [-0.1, -0.05) is 24.3 Å². The van der Waals surface area contributed by atoms with Gasteiger partial charge in [0.1, 0.15) is 0 Å². The fraction of sp³-hybridized carbons (Fsp3) is 0.235. The van der Waals surface area contributed by atoms with Gasteiger partial charge in [0.05, 0.1) is 9.85 Å². The normalized spacial score (nSPS) is 9.89. The van der Waals surface area contributed by atoms with Crippen molar-refractivity contribution >= 4 is 29.8 Å². The number of urea groups is 1. The van der Waals surface area contributed by atoms with Crippen molar-refractivity contribution < 1.29 is 14.6 Å². The van der Waals surface area contributed by atoms with Gasteiger partial charge in [-0.3, -0.25) is 25.2 Å².